The van der Waals surface area contributed by atoms with E-state index in [2.05, 4.69) is 25.1 Å². The molecule has 4 nitrogen and oxygen atoms in total. The summed E-state index contributed by atoms with van der Waals surface area (Å²) in [6, 6.07) is 6.61. The van der Waals surface area contributed by atoms with Crippen molar-refractivity contribution in [1.82, 2.24) is 0 Å². The second-order valence-corrected chi connectivity index (χ2v) is 12.1. The molecule has 1 heterocycles. The fourth-order valence-electron chi connectivity index (χ4n) is 8.55. The molecule has 180 valence electrons. The molecule has 0 bridgehead atoms. The first-order valence-electron chi connectivity index (χ1n) is 13.6. The Balaban J connectivity index is 1.32. The summed E-state index contributed by atoms with van der Waals surface area (Å²) in [5.41, 5.74) is 5.57. The van der Waals surface area contributed by atoms with Crippen LogP contribution in [0.1, 0.15) is 95.5 Å². The van der Waals surface area contributed by atoms with Gasteiger partial charge in [-0.25, -0.2) is 0 Å². The number of hydrogen-bond donors (Lipinski definition) is 1. The van der Waals surface area contributed by atoms with Crippen molar-refractivity contribution in [3.8, 4) is 11.5 Å². The minimum absolute atomic E-state index is 0.0495. The number of carbonyl (C=O) groups excluding carboxylic acids is 1. The van der Waals surface area contributed by atoms with Crippen molar-refractivity contribution in [2.75, 3.05) is 0 Å². The highest BCUT2D eigenvalue weighted by molar-refractivity contribution is 5.93. The maximum Gasteiger partial charge on any atom is 0.251 e. The summed E-state index contributed by atoms with van der Waals surface area (Å²) >= 11 is 0. The quantitative estimate of drug-likeness (QED) is 0.528. The summed E-state index contributed by atoms with van der Waals surface area (Å²) in [4.78, 5) is 12.2. The van der Waals surface area contributed by atoms with Crippen LogP contribution in [0.2, 0.25) is 0 Å². The first-order valence-corrected chi connectivity index (χ1v) is 13.6. The highest BCUT2D eigenvalue weighted by Crippen LogP contribution is 2.64. The summed E-state index contributed by atoms with van der Waals surface area (Å²) in [5, 5.41) is 11.1. The van der Waals surface area contributed by atoms with Crippen LogP contribution >= 0.6 is 0 Å². The van der Waals surface area contributed by atoms with Gasteiger partial charge in [0.15, 0.2) is 17.3 Å². The monoisotopic (exact) mass is 460 g/mol. The van der Waals surface area contributed by atoms with E-state index >= 15 is 0 Å². The Morgan fingerprint density at radius 1 is 0.971 bits per heavy atom. The Morgan fingerprint density at radius 3 is 2.65 bits per heavy atom. The smallest absolute Gasteiger partial charge is 0.251 e. The first kappa shape index (κ1) is 21.2. The van der Waals surface area contributed by atoms with Crippen LogP contribution in [0.3, 0.4) is 0 Å². The summed E-state index contributed by atoms with van der Waals surface area (Å²) in [6.07, 6.45) is 13.9. The SMILES string of the molecule is CC12CC(c3ccc4c(c3)OC3(CCCCC3)O4)C3=C4CCC(=O)C=C4CCC3C1CCC2O. The number of rotatable bonds is 1. The first-order chi connectivity index (χ1) is 16.5. The zero-order chi connectivity index (χ0) is 23.1. The van der Waals surface area contributed by atoms with Crippen molar-refractivity contribution in [3.05, 3.63) is 46.6 Å². The van der Waals surface area contributed by atoms with Gasteiger partial charge in [-0.2, -0.15) is 0 Å². The van der Waals surface area contributed by atoms with Crippen molar-refractivity contribution in [2.45, 2.75) is 102 Å². The molecule has 5 aliphatic carbocycles. The van der Waals surface area contributed by atoms with Gasteiger partial charge >= 0.3 is 0 Å². The van der Waals surface area contributed by atoms with Crippen LogP contribution in [-0.2, 0) is 4.79 Å². The molecule has 6 aliphatic rings. The van der Waals surface area contributed by atoms with E-state index in [1.165, 1.54) is 23.1 Å². The largest absolute Gasteiger partial charge is 0.448 e. The highest BCUT2D eigenvalue weighted by Gasteiger charge is 2.56. The van der Waals surface area contributed by atoms with Gasteiger partial charge in [0.25, 0.3) is 5.79 Å². The average molecular weight is 461 g/mol. The molecular weight excluding hydrogens is 424 g/mol. The van der Waals surface area contributed by atoms with Crippen LogP contribution in [-0.4, -0.2) is 22.8 Å². The predicted molar refractivity (Wildman–Crippen MR) is 130 cm³/mol. The van der Waals surface area contributed by atoms with Gasteiger partial charge < -0.3 is 14.6 Å². The molecule has 0 radical (unpaired) electrons. The summed E-state index contributed by atoms with van der Waals surface area (Å²) in [5.74, 6) is 2.92. The Kier molecular flexibility index (Phi) is 4.66. The van der Waals surface area contributed by atoms with Crippen molar-refractivity contribution in [1.29, 1.82) is 0 Å². The molecule has 34 heavy (non-hydrogen) atoms. The van der Waals surface area contributed by atoms with Gasteiger partial charge in [-0.15, -0.1) is 0 Å². The molecule has 5 unspecified atom stereocenters. The molecule has 1 N–H and O–H groups in total. The number of aliphatic hydroxyl groups is 1. The van der Waals surface area contributed by atoms with Crippen LogP contribution in [0.5, 0.6) is 11.5 Å². The molecule has 1 aromatic rings. The summed E-state index contributed by atoms with van der Waals surface area (Å²) in [7, 11) is 0. The van der Waals surface area contributed by atoms with Crippen LogP contribution in [0.15, 0.2) is 41.0 Å². The van der Waals surface area contributed by atoms with Crippen LogP contribution < -0.4 is 9.47 Å². The standard InChI is InChI=1S/C30H36O4/c1-29-17-23(19-6-11-25-26(16-19)34-30(33-25)13-3-2-4-14-30)28-21-9-7-20(31)15-18(21)5-8-22(28)24(29)10-12-27(29)32/h6,11,15-16,22-24,27,32H,2-5,7-10,12-14,17H2,1H3. The van der Waals surface area contributed by atoms with E-state index in [9.17, 15) is 9.90 Å². The van der Waals surface area contributed by atoms with E-state index in [0.717, 1.165) is 75.7 Å². The number of hydrogen-bond acceptors (Lipinski definition) is 4. The fraction of sp³-hybridized carbons (Fsp3) is 0.633. The van der Waals surface area contributed by atoms with Gasteiger partial charge in [0.2, 0.25) is 0 Å². The molecule has 0 amide bonds. The van der Waals surface area contributed by atoms with E-state index in [0.29, 0.717) is 18.3 Å². The zero-order valence-electron chi connectivity index (χ0n) is 20.3. The molecule has 0 saturated heterocycles. The van der Waals surface area contributed by atoms with Gasteiger partial charge in [0.1, 0.15) is 0 Å². The van der Waals surface area contributed by atoms with E-state index in [4.69, 9.17) is 9.47 Å². The molecule has 5 atom stereocenters. The number of ketones is 1. The van der Waals surface area contributed by atoms with Crippen molar-refractivity contribution in [3.63, 3.8) is 0 Å². The third kappa shape index (κ3) is 3.03. The molecule has 7 rings (SSSR count). The van der Waals surface area contributed by atoms with E-state index in [1.807, 2.05) is 6.08 Å². The van der Waals surface area contributed by atoms with E-state index < -0.39 is 5.79 Å². The summed E-state index contributed by atoms with van der Waals surface area (Å²) < 4.78 is 12.9. The van der Waals surface area contributed by atoms with Crippen molar-refractivity contribution >= 4 is 5.78 Å². The normalized spacial score (nSPS) is 37.8. The number of ether oxygens (including phenoxy) is 2. The van der Waals surface area contributed by atoms with Gasteiger partial charge in [-0.1, -0.05) is 25.0 Å². The minimum Gasteiger partial charge on any atom is -0.448 e. The van der Waals surface area contributed by atoms with Gasteiger partial charge in [0, 0.05) is 25.2 Å². The topological polar surface area (TPSA) is 55.8 Å². The number of allylic oxidation sites excluding steroid dienone is 4. The predicted octanol–water partition coefficient (Wildman–Crippen LogP) is 6.38. The van der Waals surface area contributed by atoms with E-state index in [-0.39, 0.29) is 23.2 Å². The van der Waals surface area contributed by atoms with Crippen LogP contribution in [0, 0.1) is 17.3 Å². The third-order valence-corrected chi connectivity index (χ3v) is 10.3. The van der Waals surface area contributed by atoms with Gasteiger partial charge in [0.05, 0.1) is 6.10 Å². The third-order valence-electron chi connectivity index (χ3n) is 10.3. The molecular formula is C30H36O4. The lowest BCUT2D eigenvalue weighted by Gasteiger charge is -2.52. The Labute approximate surface area is 202 Å². The van der Waals surface area contributed by atoms with E-state index in [1.54, 1.807) is 5.57 Å². The average Bonchev–Trinajstić information content (AvgIpc) is 3.34. The van der Waals surface area contributed by atoms with Crippen LogP contribution in [0.4, 0.5) is 0 Å². The lowest BCUT2D eigenvalue weighted by molar-refractivity contribution is -0.114. The molecule has 1 spiro atoms. The molecule has 3 fully saturated rings. The molecule has 4 heteroatoms. The lowest BCUT2D eigenvalue weighted by Crippen LogP contribution is -2.45. The maximum absolute atomic E-state index is 12.2. The Morgan fingerprint density at radius 2 is 1.79 bits per heavy atom. The minimum atomic E-state index is -0.459. The van der Waals surface area contributed by atoms with Crippen molar-refractivity contribution in [2.24, 2.45) is 17.3 Å². The molecule has 0 aromatic heterocycles. The fourth-order valence-corrected chi connectivity index (χ4v) is 8.55. The van der Waals surface area contributed by atoms with Crippen LogP contribution in [0.25, 0.3) is 0 Å². The highest BCUT2D eigenvalue weighted by atomic mass is 16.7. The number of fused-ring (bicyclic) bond motifs is 5. The lowest BCUT2D eigenvalue weighted by atomic mass is 9.53. The second-order valence-electron chi connectivity index (χ2n) is 12.1. The zero-order valence-corrected chi connectivity index (χ0v) is 20.3. The molecule has 1 aliphatic heterocycles. The summed E-state index contributed by atoms with van der Waals surface area (Å²) in [6.45, 7) is 2.34. The Hall–Kier alpha value is -2.07. The molecule has 1 aromatic carbocycles. The maximum atomic E-state index is 12.2. The molecule has 3 saturated carbocycles. The van der Waals surface area contributed by atoms with Gasteiger partial charge in [-0.3, -0.25) is 4.79 Å². The van der Waals surface area contributed by atoms with Gasteiger partial charge in [-0.05, 0) is 104 Å². The number of benzene rings is 1. The van der Waals surface area contributed by atoms with Crippen molar-refractivity contribution < 1.29 is 19.4 Å². The Bertz CT molecular complexity index is 1110. The second kappa shape index (κ2) is 7.46. The number of carbonyl (C=O) groups is 1. The number of aliphatic hydroxyl groups excluding tert-OH is 1.